The number of carbonyl (C=O) groups is 2. The molecule has 0 aliphatic carbocycles. The van der Waals surface area contributed by atoms with Gasteiger partial charge in [0.15, 0.2) is 0 Å². The summed E-state index contributed by atoms with van der Waals surface area (Å²) in [6, 6.07) is 0.0308. The molecule has 0 aromatic rings. The van der Waals surface area contributed by atoms with Crippen molar-refractivity contribution in [1.29, 1.82) is 0 Å². The Labute approximate surface area is 113 Å². The standard InChI is InChI=1S/C13H22N2O4/c1-9(16)7-11-3-2-5-15(11)13(19)14-6-4-10(8-14)12(17)18/h9-11,16H,2-8H2,1H3,(H,17,18). The summed E-state index contributed by atoms with van der Waals surface area (Å²) >= 11 is 0. The van der Waals surface area contributed by atoms with Crippen LogP contribution < -0.4 is 0 Å². The van der Waals surface area contributed by atoms with Crippen LogP contribution in [0.4, 0.5) is 4.79 Å². The maximum atomic E-state index is 12.4. The van der Waals surface area contributed by atoms with Gasteiger partial charge in [-0.25, -0.2) is 4.79 Å². The van der Waals surface area contributed by atoms with Crippen molar-refractivity contribution < 1.29 is 19.8 Å². The summed E-state index contributed by atoms with van der Waals surface area (Å²) in [5, 5.41) is 18.4. The summed E-state index contributed by atoms with van der Waals surface area (Å²) in [4.78, 5) is 26.7. The van der Waals surface area contributed by atoms with Crippen molar-refractivity contribution in [3.8, 4) is 0 Å². The van der Waals surface area contributed by atoms with Crippen LogP contribution in [0.2, 0.25) is 0 Å². The van der Waals surface area contributed by atoms with Crippen LogP contribution in [0.25, 0.3) is 0 Å². The first-order valence-corrected chi connectivity index (χ1v) is 6.95. The first-order chi connectivity index (χ1) is 8.99. The van der Waals surface area contributed by atoms with E-state index in [1.807, 2.05) is 0 Å². The van der Waals surface area contributed by atoms with Gasteiger partial charge in [0.05, 0.1) is 12.0 Å². The van der Waals surface area contributed by atoms with E-state index in [-0.39, 0.29) is 12.1 Å². The van der Waals surface area contributed by atoms with Gasteiger partial charge in [-0.1, -0.05) is 0 Å². The lowest BCUT2D eigenvalue weighted by atomic mass is 10.1. The highest BCUT2D eigenvalue weighted by molar-refractivity contribution is 5.78. The molecule has 6 heteroatoms. The first-order valence-electron chi connectivity index (χ1n) is 6.95. The lowest BCUT2D eigenvalue weighted by Gasteiger charge is -2.30. The molecule has 2 N–H and O–H groups in total. The topological polar surface area (TPSA) is 81.1 Å². The molecular formula is C13H22N2O4. The van der Waals surface area contributed by atoms with Crippen molar-refractivity contribution in [3.05, 3.63) is 0 Å². The number of aliphatic carboxylic acids is 1. The third-order valence-corrected chi connectivity index (χ3v) is 4.04. The van der Waals surface area contributed by atoms with Crippen LogP contribution in [0.3, 0.4) is 0 Å². The number of rotatable bonds is 3. The molecule has 2 saturated heterocycles. The number of carboxylic acid groups (broad SMARTS) is 1. The summed E-state index contributed by atoms with van der Waals surface area (Å²) in [5.74, 6) is -1.25. The summed E-state index contributed by atoms with van der Waals surface area (Å²) in [6.45, 7) is 3.28. The number of carboxylic acids is 1. The number of hydrogen-bond acceptors (Lipinski definition) is 3. The normalized spacial score (nSPS) is 28.7. The number of aliphatic hydroxyl groups excluding tert-OH is 1. The van der Waals surface area contributed by atoms with Crippen LogP contribution in [-0.2, 0) is 4.79 Å². The van der Waals surface area contributed by atoms with Crippen molar-refractivity contribution in [2.45, 2.75) is 44.8 Å². The Balaban J connectivity index is 1.94. The van der Waals surface area contributed by atoms with Crippen molar-refractivity contribution in [1.82, 2.24) is 9.80 Å². The average molecular weight is 270 g/mol. The van der Waals surface area contributed by atoms with Crippen LogP contribution in [0.15, 0.2) is 0 Å². The molecule has 2 rings (SSSR count). The molecule has 0 saturated carbocycles. The van der Waals surface area contributed by atoms with Crippen molar-refractivity contribution in [2.24, 2.45) is 5.92 Å². The van der Waals surface area contributed by atoms with E-state index in [4.69, 9.17) is 5.11 Å². The third-order valence-electron chi connectivity index (χ3n) is 4.04. The van der Waals surface area contributed by atoms with Gasteiger partial charge in [0.25, 0.3) is 0 Å². The molecule has 0 radical (unpaired) electrons. The number of nitrogens with zero attached hydrogens (tertiary/aromatic N) is 2. The molecule has 2 aliphatic heterocycles. The van der Waals surface area contributed by atoms with Gasteiger partial charge in [0.2, 0.25) is 0 Å². The van der Waals surface area contributed by atoms with Gasteiger partial charge in [-0.2, -0.15) is 0 Å². The van der Waals surface area contributed by atoms with Gasteiger partial charge < -0.3 is 20.0 Å². The van der Waals surface area contributed by atoms with E-state index in [9.17, 15) is 14.7 Å². The van der Waals surface area contributed by atoms with Crippen LogP contribution in [-0.4, -0.2) is 63.8 Å². The third kappa shape index (κ3) is 3.18. The summed E-state index contributed by atoms with van der Waals surface area (Å²) in [6.07, 6.45) is 2.60. The molecule has 0 spiro atoms. The van der Waals surface area contributed by atoms with E-state index in [0.29, 0.717) is 32.5 Å². The highest BCUT2D eigenvalue weighted by Gasteiger charge is 2.37. The van der Waals surface area contributed by atoms with Crippen LogP contribution in [0, 0.1) is 5.92 Å². The summed E-state index contributed by atoms with van der Waals surface area (Å²) in [7, 11) is 0. The highest BCUT2D eigenvalue weighted by Crippen LogP contribution is 2.25. The highest BCUT2D eigenvalue weighted by atomic mass is 16.4. The average Bonchev–Trinajstić information content (AvgIpc) is 2.95. The Bertz CT molecular complexity index is 359. The number of likely N-dealkylation sites (tertiary alicyclic amines) is 2. The largest absolute Gasteiger partial charge is 0.481 e. The quantitative estimate of drug-likeness (QED) is 0.793. The van der Waals surface area contributed by atoms with Gasteiger partial charge in [0, 0.05) is 25.7 Å². The molecular weight excluding hydrogens is 248 g/mol. The zero-order chi connectivity index (χ0) is 14.0. The molecule has 0 bridgehead atoms. The zero-order valence-electron chi connectivity index (χ0n) is 11.3. The minimum Gasteiger partial charge on any atom is -0.481 e. The first kappa shape index (κ1) is 14.1. The van der Waals surface area contributed by atoms with Crippen LogP contribution in [0.1, 0.15) is 32.6 Å². The Morgan fingerprint density at radius 2 is 2.05 bits per heavy atom. The predicted octanol–water partition coefficient (Wildman–Crippen LogP) is 0.748. The second kappa shape index (κ2) is 5.77. The number of hydrogen-bond donors (Lipinski definition) is 2. The molecule has 2 amide bonds. The minimum absolute atomic E-state index is 0.0631. The monoisotopic (exact) mass is 270 g/mol. The molecule has 2 fully saturated rings. The molecule has 3 unspecified atom stereocenters. The fraction of sp³-hybridized carbons (Fsp3) is 0.846. The van der Waals surface area contributed by atoms with E-state index in [2.05, 4.69) is 0 Å². The SMILES string of the molecule is CC(O)CC1CCCN1C(=O)N1CCC(C(=O)O)C1. The number of carbonyl (C=O) groups excluding carboxylic acids is 1. The Morgan fingerprint density at radius 3 is 2.63 bits per heavy atom. The fourth-order valence-corrected chi connectivity index (χ4v) is 3.04. The van der Waals surface area contributed by atoms with Crippen molar-refractivity contribution >= 4 is 12.0 Å². The lowest BCUT2D eigenvalue weighted by molar-refractivity contribution is -0.141. The van der Waals surface area contributed by atoms with Gasteiger partial charge in [-0.05, 0) is 32.6 Å². The second-order valence-corrected chi connectivity index (χ2v) is 5.63. The van der Waals surface area contributed by atoms with Crippen LogP contribution >= 0.6 is 0 Å². The van der Waals surface area contributed by atoms with E-state index in [1.165, 1.54) is 0 Å². The van der Waals surface area contributed by atoms with Crippen LogP contribution in [0.5, 0.6) is 0 Å². The molecule has 2 heterocycles. The van der Waals surface area contributed by atoms with Gasteiger partial charge >= 0.3 is 12.0 Å². The molecule has 0 aromatic heterocycles. The van der Waals surface area contributed by atoms with Gasteiger partial charge in [-0.15, -0.1) is 0 Å². The summed E-state index contributed by atoms with van der Waals surface area (Å²) < 4.78 is 0. The maximum Gasteiger partial charge on any atom is 0.320 e. The second-order valence-electron chi connectivity index (χ2n) is 5.63. The Kier molecular flexibility index (Phi) is 4.29. The molecule has 2 aliphatic rings. The molecule has 6 nitrogen and oxygen atoms in total. The molecule has 3 atom stereocenters. The minimum atomic E-state index is -0.822. The lowest BCUT2D eigenvalue weighted by Crippen LogP contribution is -2.45. The molecule has 19 heavy (non-hydrogen) atoms. The number of aliphatic hydroxyl groups is 1. The van der Waals surface area contributed by atoms with E-state index in [0.717, 1.165) is 12.8 Å². The maximum absolute atomic E-state index is 12.4. The smallest absolute Gasteiger partial charge is 0.320 e. The van der Waals surface area contributed by atoms with E-state index >= 15 is 0 Å². The van der Waals surface area contributed by atoms with Crippen molar-refractivity contribution in [2.75, 3.05) is 19.6 Å². The zero-order valence-corrected chi connectivity index (χ0v) is 11.3. The Morgan fingerprint density at radius 1 is 1.32 bits per heavy atom. The molecule has 0 aromatic carbocycles. The fourth-order valence-electron chi connectivity index (χ4n) is 3.04. The van der Waals surface area contributed by atoms with E-state index < -0.39 is 18.0 Å². The van der Waals surface area contributed by atoms with Gasteiger partial charge in [0.1, 0.15) is 0 Å². The number of urea groups is 1. The van der Waals surface area contributed by atoms with Gasteiger partial charge in [-0.3, -0.25) is 4.79 Å². The molecule has 108 valence electrons. The summed E-state index contributed by atoms with van der Waals surface area (Å²) in [5.41, 5.74) is 0. The van der Waals surface area contributed by atoms with Crippen molar-refractivity contribution in [3.63, 3.8) is 0 Å². The Hall–Kier alpha value is -1.30. The van der Waals surface area contributed by atoms with E-state index in [1.54, 1.807) is 16.7 Å². The number of amides is 2. The predicted molar refractivity (Wildman–Crippen MR) is 68.7 cm³/mol.